The zero-order valence-corrected chi connectivity index (χ0v) is 10.8. The SMILES string of the molecule is O=C1CC(S)CN1Cc1ccc2cccnc2c1. The first-order valence-corrected chi connectivity index (χ1v) is 6.53. The molecule has 1 aromatic heterocycles. The molecule has 3 nitrogen and oxygen atoms in total. The average Bonchev–Trinajstić information content (AvgIpc) is 2.68. The molecule has 0 radical (unpaired) electrons. The Bertz CT molecular complexity index is 599. The maximum atomic E-state index is 11.7. The Morgan fingerprint density at radius 2 is 2.28 bits per heavy atom. The number of rotatable bonds is 2. The Balaban J connectivity index is 1.84. The van der Waals surface area contributed by atoms with Gasteiger partial charge in [-0.05, 0) is 17.7 Å². The maximum absolute atomic E-state index is 11.7. The van der Waals surface area contributed by atoms with Crippen molar-refractivity contribution >= 4 is 29.4 Å². The predicted molar refractivity (Wildman–Crippen MR) is 74.6 cm³/mol. The number of nitrogens with zero attached hydrogens (tertiary/aromatic N) is 2. The maximum Gasteiger partial charge on any atom is 0.224 e. The van der Waals surface area contributed by atoms with Crippen LogP contribution >= 0.6 is 12.6 Å². The lowest BCUT2D eigenvalue weighted by atomic mass is 10.1. The molecule has 3 rings (SSSR count). The number of amides is 1. The van der Waals surface area contributed by atoms with Gasteiger partial charge in [0, 0.05) is 36.3 Å². The van der Waals surface area contributed by atoms with Crippen LogP contribution in [0.5, 0.6) is 0 Å². The summed E-state index contributed by atoms with van der Waals surface area (Å²) in [6.07, 6.45) is 2.34. The lowest BCUT2D eigenvalue weighted by Gasteiger charge is -2.16. The summed E-state index contributed by atoms with van der Waals surface area (Å²) in [6, 6.07) is 10.1. The molecule has 2 aromatic rings. The fraction of sp³-hybridized carbons (Fsp3) is 0.286. The van der Waals surface area contributed by atoms with Crippen molar-refractivity contribution in [3.8, 4) is 0 Å². The van der Waals surface area contributed by atoms with E-state index in [1.165, 1.54) is 0 Å². The van der Waals surface area contributed by atoms with Crippen LogP contribution in [0.15, 0.2) is 36.5 Å². The number of carbonyl (C=O) groups is 1. The highest BCUT2D eigenvalue weighted by atomic mass is 32.1. The van der Waals surface area contributed by atoms with E-state index in [1.54, 1.807) is 6.20 Å². The standard InChI is InChI=1S/C14H14N2OS/c17-14-7-12(18)9-16(14)8-10-3-4-11-2-1-5-15-13(11)6-10/h1-6,12,18H,7-9H2. The van der Waals surface area contributed by atoms with E-state index in [9.17, 15) is 4.79 Å². The first kappa shape index (κ1) is 11.5. The normalized spacial score (nSPS) is 19.7. The molecular weight excluding hydrogens is 244 g/mol. The number of carbonyl (C=O) groups excluding carboxylic acids is 1. The van der Waals surface area contributed by atoms with E-state index in [0.29, 0.717) is 13.0 Å². The second kappa shape index (κ2) is 4.61. The molecule has 0 bridgehead atoms. The van der Waals surface area contributed by atoms with E-state index < -0.39 is 0 Å². The van der Waals surface area contributed by atoms with Gasteiger partial charge in [0.05, 0.1) is 5.52 Å². The van der Waals surface area contributed by atoms with Gasteiger partial charge in [-0.1, -0.05) is 18.2 Å². The van der Waals surface area contributed by atoms with Crippen molar-refractivity contribution in [1.29, 1.82) is 0 Å². The van der Waals surface area contributed by atoms with Crippen LogP contribution in [0.3, 0.4) is 0 Å². The number of fused-ring (bicyclic) bond motifs is 1. The minimum atomic E-state index is 0.177. The van der Waals surface area contributed by atoms with Crippen LogP contribution in [0.4, 0.5) is 0 Å². The number of thiol groups is 1. The van der Waals surface area contributed by atoms with Crippen molar-refractivity contribution in [2.24, 2.45) is 0 Å². The number of aromatic nitrogens is 1. The third-order valence-electron chi connectivity index (χ3n) is 3.24. The average molecular weight is 258 g/mol. The van der Waals surface area contributed by atoms with Crippen LogP contribution in [-0.2, 0) is 11.3 Å². The van der Waals surface area contributed by atoms with Crippen LogP contribution < -0.4 is 0 Å². The first-order chi connectivity index (χ1) is 8.72. The molecule has 0 spiro atoms. The van der Waals surface area contributed by atoms with Gasteiger partial charge in [0.2, 0.25) is 5.91 Å². The number of pyridine rings is 1. The Morgan fingerprint density at radius 1 is 1.39 bits per heavy atom. The molecule has 2 heterocycles. The van der Waals surface area contributed by atoms with Gasteiger partial charge in [-0.15, -0.1) is 0 Å². The highest BCUT2D eigenvalue weighted by molar-refractivity contribution is 7.81. The number of hydrogen-bond donors (Lipinski definition) is 1. The molecule has 1 aliphatic rings. The van der Waals surface area contributed by atoms with Crippen molar-refractivity contribution in [3.05, 3.63) is 42.1 Å². The zero-order chi connectivity index (χ0) is 12.5. The molecule has 4 heteroatoms. The Kier molecular flexibility index (Phi) is 2.96. The van der Waals surface area contributed by atoms with Crippen LogP contribution in [0, 0.1) is 0 Å². The fourth-order valence-corrected chi connectivity index (χ4v) is 2.69. The van der Waals surface area contributed by atoms with E-state index in [2.05, 4.69) is 35.8 Å². The molecule has 0 aliphatic carbocycles. The van der Waals surface area contributed by atoms with Gasteiger partial charge in [-0.3, -0.25) is 9.78 Å². The number of hydrogen-bond acceptors (Lipinski definition) is 3. The molecule has 1 saturated heterocycles. The van der Waals surface area contributed by atoms with Crippen molar-refractivity contribution < 1.29 is 4.79 Å². The molecule has 1 aliphatic heterocycles. The minimum absolute atomic E-state index is 0.177. The van der Waals surface area contributed by atoms with E-state index in [0.717, 1.165) is 23.0 Å². The van der Waals surface area contributed by atoms with E-state index in [4.69, 9.17) is 0 Å². The van der Waals surface area contributed by atoms with Crippen LogP contribution in [0.25, 0.3) is 10.9 Å². The largest absolute Gasteiger partial charge is 0.337 e. The molecule has 0 N–H and O–H groups in total. The van der Waals surface area contributed by atoms with E-state index in [1.807, 2.05) is 17.0 Å². The van der Waals surface area contributed by atoms with Crippen molar-refractivity contribution in [1.82, 2.24) is 9.88 Å². The quantitative estimate of drug-likeness (QED) is 0.838. The van der Waals surface area contributed by atoms with Gasteiger partial charge in [-0.25, -0.2) is 0 Å². The molecule has 1 atom stereocenters. The molecular formula is C14H14N2OS. The van der Waals surface area contributed by atoms with Crippen LogP contribution in [-0.4, -0.2) is 27.6 Å². The summed E-state index contributed by atoms with van der Waals surface area (Å²) in [5, 5.41) is 1.30. The summed E-state index contributed by atoms with van der Waals surface area (Å²) < 4.78 is 0. The smallest absolute Gasteiger partial charge is 0.224 e. The summed E-state index contributed by atoms with van der Waals surface area (Å²) in [7, 11) is 0. The summed E-state index contributed by atoms with van der Waals surface area (Å²) in [4.78, 5) is 17.9. The van der Waals surface area contributed by atoms with Crippen molar-refractivity contribution in [2.45, 2.75) is 18.2 Å². The Morgan fingerprint density at radius 3 is 3.06 bits per heavy atom. The summed E-state index contributed by atoms with van der Waals surface area (Å²) in [5.74, 6) is 0.191. The molecule has 0 saturated carbocycles. The predicted octanol–water partition coefficient (Wildman–Crippen LogP) is 2.27. The van der Waals surface area contributed by atoms with E-state index >= 15 is 0 Å². The second-order valence-electron chi connectivity index (χ2n) is 4.66. The molecule has 1 fully saturated rings. The highest BCUT2D eigenvalue weighted by Gasteiger charge is 2.26. The number of likely N-dealkylation sites (tertiary alicyclic amines) is 1. The minimum Gasteiger partial charge on any atom is -0.337 e. The Hall–Kier alpha value is -1.55. The monoisotopic (exact) mass is 258 g/mol. The van der Waals surface area contributed by atoms with Crippen LogP contribution in [0.1, 0.15) is 12.0 Å². The molecule has 1 amide bonds. The third kappa shape index (κ3) is 2.20. The lowest BCUT2D eigenvalue weighted by Crippen LogP contribution is -2.24. The summed E-state index contributed by atoms with van der Waals surface area (Å²) >= 11 is 4.36. The third-order valence-corrected chi connectivity index (χ3v) is 3.58. The fourth-order valence-electron chi connectivity index (χ4n) is 2.33. The van der Waals surface area contributed by atoms with Gasteiger partial charge >= 0.3 is 0 Å². The summed E-state index contributed by atoms with van der Waals surface area (Å²) in [6.45, 7) is 1.39. The molecule has 1 unspecified atom stereocenters. The number of benzene rings is 1. The van der Waals surface area contributed by atoms with Gasteiger partial charge in [0.25, 0.3) is 0 Å². The van der Waals surface area contributed by atoms with Gasteiger partial charge < -0.3 is 4.90 Å². The molecule has 92 valence electrons. The van der Waals surface area contributed by atoms with Crippen molar-refractivity contribution in [3.63, 3.8) is 0 Å². The van der Waals surface area contributed by atoms with Gasteiger partial charge in [-0.2, -0.15) is 12.6 Å². The first-order valence-electron chi connectivity index (χ1n) is 6.02. The topological polar surface area (TPSA) is 33.2 Å². The summed E-state index contributed by atoms with van der Waals surface area (Å²) in [5.41, 5.74) is 2.10. The molecule has 18 heavy (non-hydrogen) atoms. The van der Waals surface area contributed by atoms with Gasteiger partial charge in [0.1, 0.15) is 0 Å². The lowest BCUT2D eigenvalue weighted by molar-refractivity contribution is -0.128. The van der Waals surface area contributed by atoms with E-state index in [-0.39, 0.29) is 11.2 Å². The second-order valence-corrected chi connectivity index (χ2v) is 5.39. The Labute approximate surface area is 111 Å². The highest BCUT2D eigenvalue weighted by Crippen LogP contribution is 2.20. The molecule has 1 aromatic carbocycles. The van der Waals surface area contributed by atoms with Crippen molar-refractivity contribution in [2.75, 3.05) is 6.54 Å². The zero-order valence-electron chi connectivity index (χ0n) is 9.91. The van der Waals surface area contributed by atoms with Crippen LogP contribution in [0.2, 0.25) is 0 Å². The van der Waals surface area contributed by atoms with Gasteiger partial charge in [0.15, 0.2) is 0 Å².